The molecule has 0 aliphatic heterocycles. The molecule has 1 aromatic carbocycles. The minimum atomic E-state index is 0.129. The van der Waals surface area contributed by atoms with Gasteiger partial charge in [-0.2, -0.15) is 0 Å². The molecule has 1 amide bonds. The summed E-state index contributed by atoms with van der Waals surface area (Å²) in [4.78, 5) is 12.0. The molecule has 0 unspecified atom stereocenters. The topological polar surface area (TPSA) is 38.3 Å². The Balaban J connectivity index is 1.86. The molecule has 2 atom stereocenters. The zero-order chi connectivity index (χ0) is 13.7. The van der Waals surface area contributed by atoms with Gasteiger partial charge in [0.1, 0.15) is 5.75 Å². The van der Waals surface area contributed by atoms with Gasteiger partial charge < -0.3 is 10.1 Å². The number of carbonyl (C=O) groups excluding carboxylic acids is 1. The molecule has 0 heterocycles. The molecule has 3 nitrogen and oxygen atoms in total. The molecule has 1 saturated carbocycles. The predicted octanol–water partition coefficient (Wildman–Crippen LogP) is 2.93. The van der Waals surface area contributed by atoms with E-state index in [1.807, 2.05) is 24.3 Å². The Kier molecular flexibility index (Phi) is 4.83. The van der Waals surface area contributed by atoms with Crippen LogP contribution in [0.1, 0.15) is 38.2 Å². The first kappa shape index (κ1) is 13.9. The highest BCUT2D eigenvalue weighted by Gasteiger charge is 2.22. The molecule has 1 aromatic rings. The Morgan fingerprint density at radius 2 is 1.95 bits per heavy atom. The van der Waals surface area contributed by atoms with Gasteiger partial charge in [0.15, 0.2) is 0 Å². The lowest BCUT2D eigenvalue weighted by Gasteiger charge is -2.29. The second-order valence-electron chi connectivity index (χ2n) is 5.46. The summed E-state index contributed by atoms with van der Waals surface area (Å²) in [5, 5.41) is 3.18. The van der Waals surface area contributed by atoms with E-state index in [0.717, 1.165) is 17.7 Å². The zero-order valence-corrected chi connectivity index (χ0v) is 11.8. The molecule has 3 heteroatoms. The highest BCUT2D eigenvalue weighted by molar-refractivity contribution is 5.78. The minimum Gasteiger partial charge on any atom is -0.497 e. The van der Waals surface area contributed by atoms with Crippen molar-refractivity contribution in [3.8, 4) is 5.75 Å². The molecule has 0 radical (unpaired) electrons. The zero-order valence-electron chi connectivity index (χ0n) is 11.8. The molecule has 1 fully saturated rings. The summed E-state index contributed by atoms with van der Waals surface area (Å²) < 4.78 is 5.11. The van der Waals surface area contributed by atoms with E-state index < -0.39 is 0 Å². The van der Waals surface area contributed by atoms with Crippen molar-refractivity contribution in [3.05, 3.63) is 29.8 Å². The number of nitrogens with one attached hydrogen (secondary N) is 1. The Morgan fingerprint density at radius 3 is 2.58 bits per heavy atom. The van der Waals surface area contributed by atoms with Crippen molar-refractivity contribution in [2.45, 2.75) is 45.1 Å². The first-order valence-electron chi connectivity index (χ1n) is 7.11. The maximum atomic E-state index is 12.0. The van der Waals surface area contributed by atoms with Gasteiger partial charge in [-0.05, 0) is 36.5 Å². The fourth-order valence-electron chi connectivity index (χ4n) is 2.72. The van der Waals surface area contributed by atoms with E-state index in [1.165, 1.54) is 19.3 Å². The van der Waals surface area contributed by atoms with Crippen LogP contribution in [0.3, 0.4) is 0 Å². The van der Waals surface area contributed by atoms with Gasteiger partial charge in [-0.3, -0.25) is 4.79 Å². The smallest absolute Gasteiger partial charge is 0.224 e. The van der Waals surface area contributed by atoms with E-state index >= 15 is 0 Å². The van der Waals surface area contributed by atoms with E-state index in [1.54, 1.807) is 7.11 Å². The number of ether oxygens (including phenoxy) is 1. The molecular formula is C16H23NO2. The van der Waals surface area contributed by atoms with Crippen molar-refractivity contribution >= 4 is 5.91 Å². The summed E-state index contributed by atoms with van der Waals surface area (Å²) in [7, 11) is 1.65. The number of methoxy groups -OCH3 is 1. The quantitative estimate of drug-likeness (QED) is 0.905. The molecule has 1 N–H and O–H groups in total. The van der Waals surface area contributed by atoms with Gasteiger partial charge in [0.25, 0.3) is 0 Å². The standard InChI is InChI=1S/C16H23NO2/c1-12-5-3-4-6-15(12)17-16(18)11-13-7-9-14(19-2)10-8-13/h7-10,12,15H,3-6,11H2,1-2H3,(H,17,18)/t12-,15-/m1/s1. The third kappa shape index (κ3) is 3.98. The Labute approximate surface area is 115 Å². The van der Waals surface area contributed by atoms with E-state index in [-0.39, 0.29) is 5.91 Å². The second-order valence-corrected chi connectivity index (χ2v) is 5.46. The fraction of sp³-hybridized carbons (Fsp3) is 0.562. The highest BCUT2D eigenvalue weighted by atomic mass is 16.5. The van der Waals surface area contributed by atoms with Crippen LogP contribution in [0.2, 0.25) is 0 Å². The van der Waals surface area contributed by atoms with Crippen molar-refractivity contribution in [2.24, 2.45) is 5.92 Å². The minimum absolute atomic E-state index is 0.129. The molecular weight excluding hydrogens is 238 g/mol. The summed E-state index contributed by atoms with van der Waals surface area (Å²) in [6.07, 6.45) is 5.33. The summed E-state index contributed by atoms with van der Waals surface area (Å²) in [5.41, 5.74) is 1.03. The van der Waals surface area contributed by atoms with E-state index in [9.17, 15) is 4.79 Å². The fourth-order valence-corrected chi connectivity index (χ4v) is 2.72. The van der Waals surface area contributed by atoms with Crippen molar-refractivity contribution in [1.82, 2.24) is 5.32 Å². The van der Waals surface area contributed by atoms with Crippen molar-refractivity contribution in [1.29, 1.82) is 0 Å². The average molecular weight is 261 g/mol. The van der Waals surface area contributed by atoms with Gasteiger partial charge in [-0.1, -0.05) is 31.9 Å². The molecule has 19 heavy (non-hydrogen) atoms. The van der Waals surface area contributed by atoms with Crippen molar-refractivity contribution < 1.29 is 9.53 Å². The number of benzene rings is 1. The van der Waals surface area contributed by atoms with Crippen molar-refractivity contribution in [3.63, 3.8) is 0 Å². The predicted molar refractivity (Wildman–Crippen MR) is 76.3 cm³/mol. The molecule has 0 spiro atoms. The maximum absolute atomic E-state index is 12.0. The molecule has 0 saturated heterocycles. The summed E-state index contributed by atoms with van der Waals surface area (Å²) in [5.74, 6) is 1.56. The van der Waals surface area contributed by atoms with Gasteiger partial charge in [0.05, 0.1) is 13.5 Å². The third-order valence-corrected chi connectivity index (χ3v) is 3.98. The summed E-state index contributed by atoms with van der Waals surface area (Å²) in [6, 6.07) is 8.04. The highest BCUT2D eigenvalue weighted by Crippen LogP contribution is 2.23. The first-order valence-corrected chi connectivity index (χ1v) is 7.11. The molecule has 1 aliphatic rings. The third-order valence-electron chi connectivity index (χ3n) is 3.98. The lowest BCUT2D eigenvalue weighted by Crippen LogP contribution is -2.41. The van der Waals surface area contributed by atoms with Crippen LogP contribution < -0.4 is 10.1 Å². The number of rotatable bonds is 4. The molecule has 0 bridgehead atoms. The number of carbonyl (C=O) groups is 1. The Morgan fingerprint density at radius 1 is 1.26 bits per heavy atom. The number of hydrogen-bond acceptors (Lipinski definition) is 2. The Bertz CT molecular complexity index is 413. The van der Waals surface area contributed by atoms with Crippen LogP contribution in [-0.2, 0) is 11.2 Å². The number of amides is 1. The van der Waals surface area contributed by atoms with Crippen LogP contribution in [0, 0.1) is 5.92 Å². The van der Waals surface area contributed by atoms with E-state index in [0.29, 0.717) is 18.4 Å². The monoisotopic (exact) mass is 261 g/mol. The van der Waals surface area contributed by atoms with Crippen LogP contribution in [0.5, 0.6) is 5.75 Å². The lowest BCUT2D eigenvalue weighted by atomic mass is 9.86. The van der Waals surface area contributed by atoms with Gasteiger partial charge in [-0.25, -0.2) is 0 Å². The molecule has 104 valence electrons. The average Bonchev–Trinajstić information content (AvgIpc) is 2.42. The molecule has 1 aliphatic carbocycles. The maximum Gasteiger partial charge on any atom is 0.224 e. The SMILES string of the molecule is COc1ccc(CC(=O)N[C@@H]2CCCC[C@H]2C)cc1. The van der Waals surface area contributed by atoms with Crippen LogP contribution in [-0.4, -0.2) is 19.1 Å². The summed E-state index contributed by atoms with van der Waals surface area (Å²) >= 11 is 0. The second kappa shape index (κ2) is 6.60. The van der Waals surface area contributed by atoms with Gasteiger partial charge >= 0.3 is 0 Å². The summed E-state index contributed by atoms with van der Waals surface area (Å²) in [6.45, 7) is 2.23. The van der Waals surface area contributed by atoms with E-state index in [2.05, 4.69) is 12.2 Å². The normalized spacial score (nSPS) is 22.8. The van der Waals surface area contributed by atoms with Gasteiger partial charge in [0, 0.05) is 6.04 Å². The van der Waals surface area contributed by atoms with E-state index in [4.69, 9.17) is 4.74 Å². The van der Waals surface area contributed by atoms with Gasteiger partial charge in [-0.15, -0.1) is 0 Å². The number of hydrogen-bond donors (Lipinski definition) is 1. The largest absolute Gasteiger partial charge is 0.497 e. The van der Waals surface area contributed by atoms with Crippen LogP contribution >= 0.6 is 0 Å². The molecule has 0 aromatic heterocycles. The van der Waals surface area contributed by atoms with Gasteiger partial charge in [0.2, 0.25) is 5.91 Å². The Hall–Kier alpha value is -1.51. The molecule has 2 rings (SSSR count). The first-order chi connectivity index (χ1) is 9.19. The van der Waals surface area contributed by atoms with Crippen molar-refractivity contribution in [2.75, 3.05) is 7.11 Å². The van der Waals surface area contributed by atoms with Crippen LogP contribution in [0.15, 0.2) is 24.3 Å². The van der Waals surface area contributed by atoms with Crippen LogP contribution in [0.4, 0.5) is 0 Å². The lowest BCUT2D eigenvalue weighted by molar-refractivity contribution is -0.121. The van der Waals surface area contributed by atoms with Crippen LogP contribution in [0.25, 0.3) is 0 Å².